The van der Waals surface area contributed by atoms with Gasteiger partial charge >= 0.3 is 0 Å². The quantitative estimate of drug-likeness (QED) is 0.917. The molecule has 20 heavy (non-hydrogen) atoms. The number of rotatable bonds is 2. The summed E-state index contributed by atoms with van der Waals surface area (Å²) >= 11 is 3.23. The molecule has 1 aromatic carbocycles. The molecule has 2 heterocycles. The number of nitrogens with two attached hydrogens (primary N) is 1. The van der Waals surface area contributed by atoms with Crippen LogP contribution in [-0.2, 0) is 13.0 Å². The highest BCUT2D eigenvalue weighted by atomic mass is 79.9. The molecule has 1 aliphatic rings. The Bertz CT molecular complexity index is 632. The zero-order valence-electron chi connectivity index (χ0n) is 10.9. The number of nitrogens with zero attached hydrogens (tertiary/aromatic N) is 2. The molecule has 0 saturated carbocycles. The lowest BCUT2D eigenvalue weighted by Gasteiger charge is -2.37. The summed E-state index contributed by atoms with van der Waals surface area (Å²) in [6, 6.07) is 9.74. The van der Waals surface area contributed by atoms with Crippen LogP contribution >= 0.6 is 15.9 Å². The van der Waals surface area contributed by atoms with Crippen molar-refractivity contribution in [3.05, 3.63) is 57.9 Å². The van der Waals surface area contributed by atoms with Gasteiger partial charge in [-0.05, 0) is 39.5 Å². The van der Waals surface area contributed by atoms with Crippen molar-refractivity contribution in [1.82, 2.24) is 4.98 Å². The fraction of sp³-hybridized carbons (Fsp3) is 0.267. The molecule has 3 nitrogen and oxygen atoms in total. The van der Waals surface area contributed by atoms with Gasteiger partial charge in [-0.1, -0.05) is 24.3 Å². The normalized spacial score (nSPS) is 17.9. The third-order valence-corrected chi connectivity index (χ3v) is 4.12. The Kier molecular flexibility index (Phi) is 3.72. The van der Waals surface area contributed by atoms with Crippen LogP contribution in [0.15, 0.2) is 41.0 Å². The summed E-state index contributed by atoms with van der Waals surface area (Å²) in [5.74, 6) is 0.0513. The average Bonchev–Trinajstić information content (AvgIpc) is 2.46. The molecule has 0 fully saturated rings. The van der Waals surface area contributed by atoms with Crippen LogP contribution in [0.5, 0.6) is 0 Å². The number of pyridine rings is 1. The fourth-order valence-corrected chi connectivity index (χ4v) is 2.97. The molecule has 0 amide bonds. The molecule has 1 unspecified atom stereocenters. The number of halogens is 2. The van der Waals surface area contributed by atoms with E-state index < -0.39 is 0 Å². The number of hydrogen-bond donors (Lipinski definition) is 1. The zero-order valence-corrected chi connectivity index (χ0v) is 12.5. The smallest absolute Gasteiger partial charge is 0.166 e. The van der Waals surface area contributed by atoms with E-state index in [0.29, 0.717) is 23.4 Å². The highest BCUT2D eigenvalue weighted by Crippen LogP contribution is 2.29. The molecule has 2 aromatic rings. The van der Waals surface area contributed by atoms with Crippen LogP contribution in [0.4, 0.5) is 10.2 Å². The van der Waals surface area contributed by atoms with Crippen LogP contribution < -0.4 is 10.6 Å². The van der Waals surface area contributed by atoms with E-state index in [4.69, 9.17) is 5.73 Å². The van der Waals surface area contributed by atoms with Gasteiger partial charge in [0.25, 0.3) is 0 Å². The van der Waals surface area contributed by atoms with E-state index in [2.05, 4.69) is 33.0 Å². The number of fused-ring (bicyclic) bond motifs is 1. The van der Waals surface area contributed by atoms with E-state index >= 15 is 0 Å². The third kappa shape index (κ3) is 2.43. The van der Waals surface area contributed by atoms with E-state index in [-0.39, 0.29) is 11.9 Å². The van der Waals surface area contributed by atoms with Gasteiger partial charge in [0.1, 0.15) is 0 Å². The number of hydrogen-bond acceptors (Lipinski definition) is 3. The predicted molar refractivity (Wildman–Crippen MR) is 81.1 cm³/mol. The minimum Gasteiger partial charge on any atom is -0.345 e. The Labute approximate surface area is 125 Å². The SMILES string of the molecule is NCC1Cc2ccccc2CN1c1ncc(Br)cc1F. The molecule has 0 saturated heterocycles. The van der Waals surface area contributed by atoms with Crippen molar-refractivity contribution < 1.29 is 4.39 Å². The average molecular weight is 336 g/mol. The summed E-state index contributed by atoms with van der Waals surface area (Å²) in [4.78, 5) is 6.18. The van der Waals surface area contributed by atoms with Gasteiger partial charge in [-0.2, -0.15) is 0 Å². The maximum absolute atomic E-state index is 14.1. The van der Waals surface area contributed by atoms with Gasteiger partial charge in [-0.3, -0.25) is 0 Å². The summed E-state index contributed by atoms with van der Waals surface area (Å²) in [7, 11) is 0. The molecule has 1 atom stereocenters. The van der Waals surface area contributed by atoms with Crippen LogP contribution in [0.2, 0.25) is 0 Å². The van der Waals surface area contributed by atoms with Crippen LogP contribution in [0.3, 0.4) is 0 Å². The molecular weight excluding hydrogens is 321 g/mol. The second-order valence-corrected chi connectivity index (χ2v) is 5.86. The van der Waals surface area contributed by atoms with Crippen LogP contribution in [-0.4, -0.2) is 17.6 Å². The van der Waals surface area contributed by atoms with Gasteiger partial charge in [0.15, 0.2) is 11.6 Å². The molecule has 2 N–H and O–H groups in total. The second-order valence-electron chi connectivity index (χ2n) is 4.95. The molecular formula is C15H15BrFN3. The highest BCUT2D eigenvalue weighted by Gasteiger charge is 2.27. The second kappa shape index (κ2) is 5.50. The molecule has 1 aliphatic heterocycles. The molecule has 0 bridgehead atoms. The Morgan fingerprint density at radius 3 is 2.80 bits per heavy atom. The van der Waals surface area contributed by atoms with Crippen molar-refractivity contribution >= 4 is 21.7 Å². The van der Waals surface area contributed by atoms with E-state index in [9.17, 15) is 4.39 Å². The maximum atomic E-state index is 14.1. The van der Waals surface area contributed by atoms with Crippen LogP contribution in [0, 0.1) is 5.82 Å². The summed E-state index contributed by atoms with van der Waals surface area (Å²) in [6.45, 7) is 1.12. The highest BCUT2D eigenvalue weighted by molar-refractivity contribution is 9.10. The molecule has 0 radical (unpaired) electrons. The lowest BCUT2D eigenvalue weighted by molar-refractivity contribution is 0.531. The van der Waals surface area contributed by atoms with E-state index in [1.807, 2.05) is 17.0 Å². The predicted octanol–water partition coefficient (Wildman–Crippen LogP) is 2.87. The standard InChI is InChI=1S/C15H15BrFN3/c16-12-6-14(17)15(19-8-12)20-9-11-4-2-1-3-10(11)5-13(20)7-18/h1-4,6,8,13H,5,7,9,18H2. The Balaban J connectivity index is 2.00. The van der Waals surface area contributed by atoms with Crippen molar-refractivity contribution in [3.8, 4) is 0 Å². The summed E-state index contributed by atoms with van der Waals surface area (Å²) in [6.07, 6.45) is 2.44. The first-order chi connectivity index (χ1) is 9.69. The van der Waals surface area contributed by atoms with Gasteiger partial charge in [0, 0.05) is 29.8 Å². The van der Waals surface area contributed by atoms with E-state index in [1.54, 1.807) is 6.20 Å². The molecule has 0 spiro atoms. The van der Waals surface area contributed by atoms with Crippen molar-refractivity contribution in [1.29, 1.82) is 0 Å². The summed E-state index contributed by atoms with van der Waals surface area (Å²) in [5, 5.41) is 0. The Hall–Kier alpha value is -1.46. The van der Waals surface area contributed by atoms with Crippen molar-refractivity contribution in [3.63, 3.8) is 0 Å². The number of anilines is 1. The van der Waals surface area contributed by atoms with Gasteiger partial charge in [0.2, 0.25) is 0 Å². The molecule has 104 valence electrons. The monoisotopic (exact) mass is 335 g/mol. The third-order valence-electron chi connectivity index (χ3n) is 3.69. The van der Waals surface area contributed by atoms with Gasteiger partial charge < -0.3 is 10.6 Å². The van der Waals surface area contributed by atoms with E-state index in [0.717, 1.165) is 6.42 Å². The minimum atomic E-state index is -0.322. The summed E-state index contributed by atoms with van der Waals surface area (Å²) in [5.41, 5.74) is 8.37. The zero-order chi connectivity index (χ0) is 14.1. The van der Waals surface area contributed by atoms with Gasteiger partial charge in [-0.15, -0.1) is 0 Å². The van der Waals surface area contributed by atoms with Crippen molar-refractivity contribution in [2.24, 2.45) is 5.73 Å². The van der Waals surface area contributed by atoms with Crippen molar-refractivity contribution in [2.75, 3.05) is 11.4 Å². The molecule has 3 rings (SSSR count). The molecule has 5 heteroatoms. The first-order valence-corrected chi connectivity index (χ1v) is 7.33. The van der Waals surface area contributed by atoms with Crippen LogP contribution in [0.25, 0.3) is 0 Å². The van der Waals surface area contributed by atoms with Crippen molar-refractivity contribution in [2.45, 2.75) is 19.0 Å². The first-order valence-electron chi connectivity index (χ1n) is 6.53. The Morgan fingerprint density at radius 2 is 2.10 bits per heavy atom. The first kappa shape index (κ1) is 13.5. The van der Waals surface area contributed by atoms with E-state index in [1.165, 1.54) is 17.2 Å². The largest absolute Gasteiger partial charge is 0.345 e. The molecule has 1 aromatic heterocycles. The minimum absolute atomic E-state index is 0.0769. The van der Waals surface area contributed by atoms with Gasteiger partial charge in [-0.25, -0.2) is 9.37 Å². The van der Waals surface area contributed by atoms with Crippen LogP contribution in [0.1, 0.15) is 11.1 Å². The Morgan fingerprint density at radius 1 is 1.35 bits per heavy atom. The lowest BCUT2D eigenvalue weighted by atomic mass is 9.94. The number of aromatic nitrogens is 1. The van der Waals surface area contributed by atoms with Gasteiger partial charge in [0.05, 0.1) is 0 Å². The summed E-state index contributed by atoms with van der Waals surface area (Å²) < 4.78 is 14.8. The lowest BCUT2D eigenvalue weighted by Crippen LogP contribution is -2.45. The molecule has 0 aliphatic carbocycles. The maximum Gasteiger partial charge on any atom is 0.166 e. The number of benzene rings is 1. The topological polar surface area (TPSA) is 42.1 Å². The fourth-order valence-electron chi connectivity index (χ4n) is 2.66.